The van der Waals surface area contributed by atoms with Gasteiger partial charge < -0.3 is 14.8 Å². The molecular weight excluding hydrogens is 388 g/mol. The molecule has 0 radical (unpaired) electrons. The lowest BCUT2D eigenvalue weighted by Crippen LogP contribution is -2.38. The first-order valence-corrected chi connectivity index (χ1v) is 9.74. The number of imidazole rings is 1. The lowest BCUT2D eigenvalue weighted by Gasteiger charge is -2.15. The number of carbonyl (C=O) groups is 2. The highest BCUT2D eigenvalue weighted by Gasteiger charge is 2.33. The van der Waals surface area contributed by atoms with Gasteiger partial charge in [0.25, 0.3) is 5.91 Å². The summed E-state index contributed by atoms with van der Waals surface area (Å²) in [6.45, 7) is 2.46. The fraction of sp³-hybridized carbons (Fsp3) is 0.350. The Morgan fingerprint density at radius 2 is 2.03 bits per heavy atom. The smallest absolute Gasteiger partial charge is 0.413 e. The number of fused-ring (bicyclic) bond motifs is 1. The van der Waals surface area contributed by atoms with Crippen LogP contribution in [0.15, 0.2) is 43.0 Å². The van der Waals surface area contributed by atoms with Gasteiger partial charge in [-0.05, 0) is 25.3 Å². The van der Waals surface area contributed by atoms with E-state index < -0.39 is 24.3 Å². The number of aromatic nitrogens is 4. The molecule has 0 aliphatic carbocycles. The average molecular weight is 410 g/mol. The maximum absolute atomic E-state index is 12.2. The summed E-state index contributed by atoms with van der Waals surface area (Å²) in [6.07, 6.45) is 2.23. The van der Waals surface area contributed by atoms with Crippen molar-refractivity contribution in [1.82, 2.24) is 24.8 Å². The first kappa shape index (κ1) is 19.8. The van der Waals surface area contributed by atoms with Gasteiger partial charge >= 0.3 is 6.09 Å². The Morgan fingerprint density at radius 1 is 1.20 bits per heavy atom. The third kappa shape index (κ3) is 4.23. The molecule has 2 amide bonds. The Kier molecular flexibility index (Phi) is 5.84. The van der Waals surface area contributed by atoms with Crippen LogP contribution in [0.3, 0.4) is 0 Å². The Morgan fingerprint density at radius 3 is 2.83 bits per heavy atom. The molecule has 2 atom stereocenters. The van der Waals surface area contributed by atoms with E-state index in [1.54, 1.807) is 17.8 Å². The molecule has 2 unspecified atom stereocenters. The van der Waals surface area contributed by atoms with Crippen LogP contribution in [0.5, 0.6) is 0 Å². The highest BCUT2D eigenvalue weighted by molar-refractivity contribution is 5.94. The Labute approximate surface area is 172 Å². The van der Waals surface area contributed by atoms with Crippen molar-refractivity contribution in [2.75, 3.05) is 11.9 Å². The Balaban J connectivity index is 1.45. The number of nitrogens with zero attached hydrogens (tertiary/aromatic N) is 4. The minimum absolute atomic E-state index is 0.189. The second-order valence-corrected chi connectivity index (χ2v) is 6.75. The number of hydrogen-bond donors (Lipinski definition) is 2. The highest BCUT2D eigenvalue weighted by Crippen LogP contribution is 2.31. The third-order valence-electron chi connectivity index (χ3n) is 4.76. The quantitative estimate of drug-likeness (QED) is 0.636. The summed E-state index contributed by atoms with van der Waals surface area (Å²) in [5, 5.41) is 5.47. The van der Waals surface area contributed by atoms with Crippen molar-refractivity contribution in [3.63, 3.8) is 0 Å². The number of benzene rings is 1. The molecule has 30 heavy (non-hydrogen) atoms. The van der Waals surface area contributed by atoms with Crippen LogP contribution in [0, 0.1) is 0 Å². The Hall–Kier alpha value is -3.53. The molecule has 4 rings (SSSR count). The predicted octanol–water partition coefficient (Wildman–Crippen LogP) is 2.39. The van der Waals surface area contributed by atoms with Gasteiger partial charge in [-0.3, -0.25) is 14.7 Å². The van der Waals surface area contributed by atoms with Gasteiger partial charge in [-0.2, -0.15) is 0 Å². The van der Waals surface area contributed by atoms with Crippen molar-refractivity contribution < 1.29 is 19.1 Å². The molecule has 156 valence electrons. The number of ether oxygens (including phenoxy) is 2. The van der Waals surface area contributed by atoms with Gasteiger partial charge in [0.05, 0.1) is 12.9 Å². The standard InChI is InChI=1S/C20H22N6O4/c1-2-29-20(28)25-19(27)14-8-9-15(30-14)26-12-24-16-17(22-11-23-18(16)26)21-10-13-6-4-3-5-7-13/h3-7,11-12,14-15H,2,8-10H2,1H3,(H,21,22,23)(H,25,27,28). The summed E-state index contributed by atoms with van der Waals surface area (Å²) < 4.78 is 12.4. The zero-order valence-corrected chi connectivity index (χ0v) is 16.4. The molecule has 2 N–H and O–H groups in total. The third-order valence-corrected chi connectivity index (χ3v) is 4.76. The second-order valence-electron chi connectivity index (χ2n) is 6.75. The minimum Gasteiger partial charge on any atom is -0.450 e. The van der Waals surface area contributed by atoms with Crippen LogP contribution < -0.4 is 10.6 Å². The van der Waals surface area contributed by atoms with Crippen LogP contribution in [0.25, 0.3) is 11.2 Å². The van der Waals surface area contributed by atoms with Crippen LogP contribution in [-0.2, 0) is 20.8 Å². The van der Waals surface area contributed by atoms with Gasteiger partial charge in [-0.15, -0.1) is 0 Å². The van der Waals surface area contributed by atoms with Crippen molar-refractivity contribution in [2.24, 2.45) is 0 Å². The number of anilines is 1. The van der Waals surface area contributed by atoms with E-state index in [2.05, 4.69) is 25.6 Å². The van der Waals surface area contributed by atoms with E-state index in [4.69, 9.17) is 9.47 Å². The van der Waals surface area contributed by atoms with Crippen LogP contribution >= 0.6 is 0 Å². The van der Waals surface area contributed by atoms with Crippen molar-refractivity contribution in [3.05, 3.63) is 48.5 Å². The van der Waals surface area contributed by atoms with E-state index in [1.807, 2.05) is 30.3 Å². The van der Waals surface area contributed by atoms with E-state index >= 15 is 0 Å². The number of rotatable bonds is 6. The molecule has 10 nitrogen and oxygen atoms in total. The molecule has 1 aliphatic rings. The molecule has 3 heterocycles. The first-order chi connectivity index (χ1) is 14.7. The van der Waals surface area contributed by atoms with Gasteiger partial charge in [0, 0.05) is 6.54 Å². The summed E-state index contributed by atoms with van der Waals surface area (Å²) >= 11 is 0. The number of alkyl carbamates (subject to hydrolysis) is 1. The lowest BCUT2D eigenvalue weighted by atomic mass is 10.2. The molecule has 1 aliphatic heterocycles. The molecule has 1 saturated heterocycles. The van der Waals surface area contributed by atoms with Gasteiger partial charge in [-0.25, -0.2) is 19.7 Å². The van der Waals surface area contributed by atoms with Crippen LogP contribution in [0.1, 0.15) is 31.6 Å². The fourth-order valence-corrected chi connectivity index (χ4v) is 3.34. The molecular formula is C20H22N6O4. The maximum atomic E-state index is 12.2. The van der Waals surface area contributed by atoms with Crippen LogP contribution in [0.2, 0.25) is 0 Å². The number of carbonyl (C=O) groups excluding carboxylic acids is 2. The molecule has 1 fully saturated rings. The van der Waals surface area contributed by atoms with Gasteiger partial charge in [0.1, 0.15) is 18.7 Å². The predicted molar refractivity (Wildman–Crippen MR) is 107 cm³/mol. The number of amides is 2. The average Bonchev–Trinajstić information content (AvgIpc) is 3.40. The normalized spacial score (nSPS) is 18.3. The summed E-state index contributed by atoms with van der Waals surface area (Å²) in [5.74, 6) is 0.109. The Bertz CT molecular complexity index is 1040. The molecule has 0 bridgehead atoms. The van der Waals surface area contributed by atoms with Crippen molar-refractivity contribution in [1.29, 1.82) is 0 Å². The zero-order chi connectivity index (χ0) is 20.9. The number of nitrogens with one attached hydrogen (secondary N) is 2. The second kappa shape index (κ2) is 8.87. The molecule has 10 heteroatoms. The van der Waals surface area contributed by atoms with Gasteiger partial charge in [0.15, 0.2) is 17.0 Å². The summed E-state index contributed by atoms with van der Waals surface area (Å²) in [5.41, 5.74) is 2.35. The first-order valence-electron chi connectivity index (χ1n) is 9.74. The largest absolute Gasteiger partial charge is 0.450 e. The lowest BCUT2D eigenvalue weighted by molar-refractivity contribution is -0.133. The molecule has 2 aromatic heterocycles. The van der Waals surface area contributed by atoms with E-state index in [-0.39, 0.29) is 6.61 Å². The van der Waals surface area contributed by atoms with Gasteiger partial charge in [0.2, 0.25) is 0 Å². The van der Waals surface area contributed by atoms with Crippen molar-refractivity contribution in [2.45, 2.75) is 38.6 Å². The topological polar surface area (TPSA) is 120 Å². The van der Waals surface area contributed by atoms with E-state index in [0.717, 1.165) is 5.56 Å². The molecule has 0 spiro atoms. The molecule has 0 saturated carbocycles. The van der Waals surface area contributed by atoms with E-state index in [1.165, 1.54) is 6.33 Å². The maximum Gasteiger partial charge on any atom is 0.413 e. The van der Waals surface area contributed by atoms with E-state index in [0.29, 0.717) is 36.4 Å². The molecule has 1 aromatic carbocycles. The number of imide groups is 1. The molecule has 3 aromatic rings. The van der Waals surface area contributed by atoms with Gasteiger partial charge in [-0.1, -0.05) is 30.3 Å². The summed E-state index contributed by atoms with van der Waals surface area (Å²) in [7, 11) is 0. The number of hydrogen-bond acceptors (Lipinski definition) is 8. The monoisotopic (exact) mass is 410 g/mol. The van der Waals surface area contributed by atoms with Crippen LogP contribution in [0.4, 0.5) is 10.6 Å². The van der Waals surface area contributed by atoms with E-state index in [9.17, 15) is 9.59 Å². The zero-order valence-electron chi connectivity index (χ0n) is 16.4. The van der Waals surface area contributed by atoms with Crippen molar-refractivity contribution in [3.8, 4) is 0 Å². The summed E-state index contributed by atoms with van der Waals surface area (Å²) in [6, 6.07) is 9.98. The van der Waals surface area contributed by atoms with Crippen molar-refractivity contribution >= 4 is 29.0 Å². The SMILES string of the molecule is CCOC(=O)NC(=O)C1CCC(n2cnc3c(NCc4ccccc4)ncnc32)O1. The highest BCUT2D eigenvalue weighted by atomic mass is 16.6. The fourth-order valence-electron chi connectivity index (χ4n) is 3.34. The van der Waals surface area contributed by atoms with Crippen LogP contribution in [-0.4, -0.2) is 44.2 Å². The minimum atomic E-state index is -0.774. The summed E-state index contributed by atoms with van der Waals surface area (Å²) in [4.78, 5) is 36.7.